The number of hydrogen-bond donors (Lipinski definition) is 1. The van der Waals surface area contributed by atoms with Crippen molar-refractivity contribution in [1.29, 1.82) is 0 Å². The average Bonchev–Trinajstić information content (AvgIpc) is 2.42. The summed E-state index contributed by atoms with van der Waals surface area (Å²) in [7, 11) is 1.64. The van der Waals surface area contributed by atoms with Gasteiger partial charge in [-0.1, -0.05) is 12.1 Å². The molecular formula is C15H17FN2O. The summed E-state index contributed by atoms with van der Waals surface area (Å²) in [6.07, 6.45) is 1.78. The molecule has 0 aliphatic heterocycles. The Hall–Kier alpha value is -1.94. The topological polar surface area (TPSA) is 34.1 Å². The van der Waals surface area contributed by atoms with Crippen molar-refractivity contribution in [3.05, 3.63) is 59.7 Å². The van der Waals surface area contributed by atoms with Crippen LogP contribution in [0.15, 0.2) is 42.6 Å². The molecule has 1 N–H and O–H groups in total. The highest BCUT2D eigenvalue weighted by Crippen LogP contribution is 2.20. The quantitative estimate of drug-likeness (QED) is 0.895. The molecule has 19 heavy (non-hydrogen) atoms. The summed E-state index contributed by atoms with van der Waals surface area (Å²) in [6.45, 7) is 2.44. The van der Waals surface area contributed by atoms with Crippen molar-refractivity contribution in [3.8, 4) is 0 Å². The first-order chi connectivity index (χ1) is 9.19. The van der Waals surface area contributed by atoms with Crippen LogP contribution < -0.4 is 5.32 Å². The fourth-order valence-electron chi connectivity index (χ4n) is 1.84. The second-order valence-corrected chi connectivity index (χ2v) is 4.39. The number of hydrogen-bond acceptors (Lipinski definition) is 3. The largest absolute Gasteiger partial charge is 0.382 e. The van der Waals surface area contributed by atoms with E-state index in [-0.39, 0.29) is 11.9 Å². The van der Waals surface area contributed by atoms with Crippen LogP contribution in [-0.2, 0) is 4.74 Å². The van der Waals surface area contributed by atoms with Crippen LogP contribution in [0.1, 0.15) is 17.3 Å². The maximum absolute atomic E-state index is 12.9. The molecule has 2 aromatic rings. The molecule has 0 amide bonds. The van der Waals surface area contributed by atoms with Crippen LogP contribution in [0, 0.1) is 12.7 Å². The number of nitrogens with one attached hydrogen (secondary N) is 1. The second kappa shape index (κ2) is 6.29. The Morgan fingerprint density at radius 1 is 1.21 bits per heavy atom. The molecule has 0 bridgehead atoms. The van der Waals surface area contributed by atoms with Gasteiger partial charge in [-0.2, -0.15) is 0 Å². The van der Waals surface area contributed by atoms with Gasteiger partial charge < -0.3 is 10.1 Å². The minimum absolute atomic E-state index is 0.0323. The van der Waals surface area contributed by atoms with Gasteiger partial charge in [0, 0.05) is 12.8 Å². The molecular weight excluding hydrogens is 243 g/mol. The number of benzene rings is 1. The summed E-state index contributed by atoms with van der Waals surface area (Å²) in [5, 5.41) is 3.33. The van der Waals surface area contributed by atoms with Gasteiger partial charge in [-0.05, 0) is 36.8 Å². The third-order valence-electron chi connectivity index (χ3n) is 2.86. The van der Waals surface area contributed by atoms with Crippen LogP contribution in [0.5, 0.6) is 0 Å². The third kappa shape index (κ3) is 3.76. The molecule has 1 aromatic heterocycles. The first-order valence-electron chi connectivity index (χ1n) is 6.12. The van der Waals surface area contributed by atoms with Gasteiger partial charge in [0.2, 0.25) is 0 Å². The number of halogens is 1. The zero-order valence-corrected chi connectivity index (χ0v) is 11.1. The molecule has 0 saturated carbocycles. The molecule has 4 heteroatoms. The standard InChI is InChI=1S/C15H17FN2O/c1-11-3-8-14(9-17-11)18-15(10-19-2)12-4-6-13(16)7-5-12/h3-9,15,18H,10H2,1-2H3. The monoisotopic (exact) mass is 260 g/mol. The van der Waals surface area contributed by atoms with E-state index in [9.17, 15) is 4.39 Å². The number of anilines is 1. The van der Waals surface area contributed by atoms with E-state index >= 15 is 0 Å². The van der Waals surface area contributed by atoms with Crippen LogP contribution >= 0.6 is 0 Å². The van der Waals surface area contributed by atoms with E-state index < -0.39 is 0 Å². The van der Waals surface area contributed by atoms with Gasteiger partial charge in [0.15, 0.2) is 0 Å². The number of pyridine rings is 1. The van der Waals surface area contributed by atoms with E-state index in [2.05, 4.69) is 10.3 Å². The number of nitrogens with zero attached hydrogens (tertiary/aromatic N) is 1. The van der Waals surface area contributed by atoms with E-state index in [1.165, 1.54) is 12.1 Å². The normalized spacial score (nSPS) is 12.2. The number of aromatic nitrogens is 1. The first-order valence-corrected chi connectivity index (χ1v) is 6.12. The molecule has 0 fully saturated rings. The molecule has 1 aromatic carbocycles. The van der Waals surface area contributed by atoms with Gasteiger partial charge in [-0.3, -0.25) is 4.98 Å². The van der Waals surface area contributed by atoms with Crippen molar-refractivity contribution >= 4 is 5.69 Å². The fraction of sp³-hybridized carbons (Fsp3) is 0.267. The minimum Gasteiger partial charge on any atom is -0.382 e. The van der Waals surface area contributed by atoms with Crippen LogP contribution in [-0.4, -0.2) is 18.7 Å². The predicted molar refractivity (Wildman–Crippen MR) is 73.6 cm³/mol. The molecule has 0 spiro atoms. The number of rotatable bonds is 5. The van der Waals surface area contributed by atoms with Crippen molar-refractivity contribution in [2.24, 2.45) is 0 Å². The summed E-state index contributed by atoms with van der Waals surface area (Å²) in [6, 6.07) is 10.3. The minimum atomic E-state index is -0.239. The van der Waals surface area contributed by atoms with Crippen molar-refractivity contribution in [2.45, 2.75) is 13.0 Å². The van der Waals surface area contributed by atoms with Crippen LogP contribution in [0.2, 0.25) is 0 Å². The van der Waals surface area contributed by atoms with E-state index in [0.717, 1.165) is 16.9 Å². The van der Waals surface area contributed by atoms with Gasteiger partial charge in [-0.15, -0.1) is 0 Å². The lowest BCUT2D eigenvalue weighted by molar-refractivity contribution is 0.186. The first kappa shape index (κ1) is 13.5. The Kier molecular flexibility index (Phi) is 4.47. The van der Waals surface area contributed by atoms with Crippen molar-refractivity contribution in [2.75, 3.05) is 19.0 Å². The van der Waals surface area contributed by atoms with E-state index in [1.807, 2.05) is 19.1 Å². The molecule has 1 unspecified atom stereocenters. The van der Waals surface area contributed by atoms with Crippen LogP contribution in [0.3, 0.4) is 0 Å². The zero-order chi connectivity index (χ0) is 13.7. The highest BCUT2D eigenvalue weighted by molar-refractivity contribution is 5.44. The van der Waals surface area contributed by atoms with E-state index in [1.54, 1.807) is 25.4 Å². The molecule has 100 valence electrons. The maximum Gasteiger partial charge on any atom is 0.123 e. The van der Waals surface area contributed by atoms with Gasteiger partial charge >= 0.3 is 0 Å². The van der Waals surface area contributed by atoms with E-state index in [4.69, 9.17) is 4.74 Å². The Bertz CT molecular complexity index is 511. The lowest BCUT2D eigenvalue weighted by atomic mass is 10.1. The van der Waals surface area contributed by atoms with E-state index in [0.29, 0.717) is 6.61 Å². The Balaban J connectivity index is 2.15. The maximum atomic E-state index is 12.9. The lowest BCUT2D eigenvalue weighted by Gasteiger charge is -2.19. The van der Waals surface area contributed by atoms with Gasteiger partial charge in [0.05, 0.1) is 24.5 Å². The predicted octanol–water partition coefficient (Wildman–Crippen LogP) is 3.33. The molecule has 1 atom stereocenters. The number of aryl methyl sites for hydroxylation is 1. The third-order valence-corrected chi connectivity index (χ3v) is 2.86. The molecule has 0 aliphatic carbocycles. The molecule has 2 rings (SSSR count). The second-order valence-electron chi connectivity index (χ2n) is 4.39. The Labute approximate surface area is 112 Å². The van der Waals surface area contributed by atoms with Crippen molar-refractivity contribution < 1.29 is 9.13 Å². The van der Waals surface area contributed by atoms with Crippen LogP contribution in [0.25, 0.3) is 0 Å². The smallest absolute Gasteiger partial charge is 0.123 e. The number of ether oxygens (including phenoxy) is 1. The molecule has 3 nitrogen and oxygen atoms in total. The summed E-state index contributed by atoms with van der Waals surface area (Å²) < 4.78 is 18.2. The summed E-state index contributed by atoms with van der Waals surface area (Å²) in [5.41, 5.74) is 2.86. The summed E-state index contributed by atoms with van der Waals surface area (Å²) in [4.78, 5) is 4.24. The molecule has 0 saturated heterocycles. The Morgan fingerprint density at radius 3 is 2.53 bits per heavy atom. The van der Waals surface area contributed by atoms with Gasteiger partial charge in [0.25, 0.3) is 0 Å². The van der Waals surface area contributed by atoms with Crippen LogP contribution in [0.4, 0.5) is 10.1 Å². The molecule has 0 aliphatic rings. The zero-order valence-electron chi connectivity index (χ0n) is 11.1. The highest BCUT2D eigenvalue weighted by atomic mass is 19.1. The SMILES string of the molecule is COCC(Nc1ccc(C)nc1)c1ccc(F)cc1. The van der Waals surface area contributed by atoms with Gasteiger partial charge in [0.1, 0.15) is 5.82 Å². The highest BCUT2D eigenvalue weighted by Gasteiger charge is 2.11. The lowest BCUT2D eigenvalue weighted by Crippen LogP contribution is -2.16. The molecule has 1 heterocycles. The summed E-state index contributed by atoms with van der Waals surface area (Å²) >= 11 is 0. The van der Waals surface area contributed by atoms with Crippen molar-refractivity contribution in [3.63, 3.8) is 0 Å². The number of methoxy groups -OCH3 is 1. The average molecular weight is 260 g/mol. The van der Waals surface area contributed by atoms with Crippen molar-refractivity contribution in [1.82, 2.24) is 4.98 Å². The molecule has 0 radical (unpaired) electrons. The fourth-order valence-corrected chi connectivity index (χ4v) is 1.84. The summed E-state index contributed by atoms with van der Waals surface area (Å²) in [5.74, 6) is -0.239. The van der Waals surface area contributed by atoms with Gasteiger partial charge in [-0.25, -0.2) is 4.39 Å². The Morgan fingerprint density at radius 2 is 1.95 bits per heavy atom.